The van der Waals surface area contributed by atoms with E-state index in [0.29, 0.717) is 48.7 Å². The van der Waals surface area contributed by atoms with E-state index in [4.69, 9.17) is 31.2 Å². The fourth-order valence-corrected chi connectivity index (χ4v) is 5.12. The van der Waals surface area contributed by atoms with Gasteiger partial charge in [0.15, 0.2) is 5.82 Å². The molecule has 3 heterocycles. The highest BCUT2D eigenvalue weighted by Gasteiger charge is 2.35. The third-order valence-electron chi connectivity index (χ3n) is 7.06. The number of methoxy groups -OCH3 is 2. The number of hydrogen-bond donors (Lipinski definition) is 1. The Balaban J connectivity index is 1.73. The molecule has 2 N–H and O–H groups in total. The highest BCUT2D eigenvalue weighted by molar-refractivity contribution is 7.92. The number of hydrogen-bond acceptors (Lipinski definition) is 11. The molecular weight excluding hydrogens is 558 g/mol. The number of aromatic nitrogens is 4. The third kappa shape index (κ3) is 6.82. The fraction of sp³-hybridized carbons (Fsp3) is 0.538. The smallest absolute Gasteiger partial charge is 0.249 e. The van der Waals surface area contributed by atoms with Gasteiger partial charge in [-0.15, -0.1) is 10.2 Å². The molecule has 3 aromatic rings. The zero-order chi connectivity index (χ0) is 29.2. The number of rotatable bonds is 13. The van der Waals surface area contributed by atoms with Crippen LogP contribution in [-0.4, -0.2) is 75.8 Å². The quantitative estimate of drug-likeness (QED) is 0.311. The molecule has 0 spiro atoms. The predicted octanol–water partition coefficient (Wildman–Crippen LogP) is 3.11. The maximum atomic E-state index is 12.5. The van der Waals surface area contributed by atoms with Crippen LogP contribution < -0.4 is 19.7 Å². The van der Waals surface area contributed by atoms with Gasteiger partial charge in [0.1, 0.15) is 5.82 Å². The van der Waals surface area contributed by atoms with Crippen molar-refractivity contribution in [1.29, 1.82) is 0 Å². The average molecular weight is 594 g/mol. The van der Waals surface area contributed by atoms with Gasteiger partial charge in [0.05, 0.1) is 36.1 Å². The standard InChI is InChI=1S/C26H36ClN7O5S/c1-16-11-18(16)15-34(9-10-37-4)20-12-19(22(27)23(30-20)33(3)40(6,35)36)24-31-32-25(39-24)26(2,28)13-17-7-8-21(38-5)29-14-17/h7-8,12,14,16,18H,9-11,13,15,28H2,1-6H3/t16-,18+,26+/m0/s1. The molecule has 40 heavy (non-hydrogen) atoms. The summed E-state index contributed by atoms with van der Waals surface area (Å²) >= 11 is 6.76. The van der Waals surface area contributed by atoms with Gasteiger partial charge in [-0.05, 0) is 36.8 Å². The first-order valence-electron chi connectivity index (χ1n) is 12.8. The lowest BCUT2D eigenvalue weighted by Crippen LogP contribution is -2.36. The summed E-state index contributed by atoms with van der Waals surface area (Å²) in [5.74, 6) is 2.49. The van der Waals surface area contributed by atoms with Gasteiger partial charge in [-0.25, -0.2) is 18.4 Å². The van der Waals surface area contributed by atoms with Crippen molar-refractivity contribution in [3.63, 3.8) is 0 Å². The number of halogens is 1. The number of nitrogens with two attached hydrogens (primary N) is 1. The van der Waals surface area contributed by atoms with Crippen molar-refractivity contribution >= 4 is 33.3 Å². The molecule has 0 radical (unpaired) electrons. The van der Waals surface area contributed by atoms with Crippen LogP contribution in [0, 0.1) is 11.8 Å². The molecule has 1 saturated carbocycles. The number of pyridine rings is 2. The molecule has 3 aromatic heterocycles. The molecule has 3 atom stereocenters. The van der Waals surface area contributed by atoms with E-state index in [9.17, 15) is 8.42 Å². The Hall–Kier alpha value is -3.00. The zero-order valence-electron chi connectivity index (χ0n) is 23.6. The maximum absolute atomic E-state index is 12.5. The molecule has 0 aliphatic heterocycles. The minimum Gasteiger partial charge on any atom is -0.481 e. The lowest BCUT2D eigenvalue weighted by molar-refractivity contribution is 0.204. The Kier molecular flexibility index (Phi) is 8.88. The Morgan fingerprint density at radius 2 is 2.00 bits per heavy atom. The molecule has 1 fully saturated rings. The minimum absolute atomic E-state index is 0.0579. The van der Waals surface area contributed by atoms with Gasteiger partial charge in [-0.2, -0.15) is 0 Å². The molecule has 0 amide bonds. The Morgan fingerprint density at radius 3 is 2.58 bits per heavy atom. The number of nitrogens with zero attached hydrogens (tertiary/aromatic N) is 6. The second kappa shape index (κ2) is 11.9. The summed E-state index contributed by atoms with van der Waals surface area (Å²) in [6, 6.07) is 5.35. The van der Waals surface area contributed by atoms with Crippen LogP contribution in [0.5, 0.6) is 5.88 Å². The summed E-state index contributed by atoms with van der Waals surface area (Å²) in [5, 5.41) is 8.52. The van der Waals surface area contributed by atoms with Crippen molar-refractivity contribution < 1.29 is 22.3 Å². The molecule has 218 valence electrons. The number of sulfonamides is 1. The van der Waals surface area contributed by atoms with E-state index in [2.05, 4.69) is 32.0 Å². The van der Waals surface area contributed by atoms with Crippen molar-refractivity contribution in [2.24, 2.45) is 17.6 Å². The van der Waals surface area contributed by atoms with Crippen molar-refractivity contribution in [2.45, 2.75) is 32.2 Å². The first-order valence-corrected chi connectivity index (χ1v) is 15.1. The monoisotopic (exact) mass is 593 g/mol. The molecule has 1 aliphatic carbocycles. The van der Waals surface area contributed by atoms with Crippen LogP contribution in [-0.2, 0) is 26.7 Å². The van der Waals surface area contributed by atoms with Crippen LogP contribution in [0.25, 0.3) is 11.5 Å². The molecule has 12 nitrogen and oxygen atoms in total. The SMILES string of the molecule is COCCN(C[C@H]1C[C@@H]1C)c1cc(-c2nnc([C@](C)(N)Cc3ccc(OC)nc3)o2)c(Cl)c(N(C)S(C)(=O)=O)n1. The highest BCUT2D eigenvalue weighted by Crippen LogP contribution is 2.41. The predicted molar refractivity (Wildman–Crippen MR) is 153 cm³/mol. The van der Waals surface area contributed by atoms with Crippen molar-refractivity contribution in [1.82, 2.24) is 20.2 Å². The Bertz CT molecular complexity index is 1430. The van der Waals surface area contributed by atoms with Crippen molar-refractivity contribution in [2.75, 3.05) is 56.4 Å². The van der Waals surface area contributed by atoms with Crippen LogP contribution in [0.2, 0.25) is 5.02 Å². The summed E-state index contributed by atoms with van der Waals surface area (Å²) < 4.78 is 42.5. The van der Waals surface area contributed by atoms with E-state index < -0.39 is 15.6 Å². The molecule has 0 unspecified atom stereocenters. The molecule has 14 heteroatoms. The number of anilines is 2. The topological polar surface area (TPSA) is 150 Å². The third-order valence-corrected chi connectivity index (χ3v) is 8.61. The first-order chi connectivity index (χ1) is 18.8. The summed E-state index contributed by atoms with van der Waals surface area (Å²) in [6.45, 7) is 5.75. The maximum Gasteiger partial charge on any atom is 0.249 e. The second-order valence-electron chi connectivity index (χ2n) is 10.5. The summed E-state index contributed by atoms with van der Waals surface area (Å²) in [5.41, 5.74) is 6.79. The van der Waals surface area contributed by atoms with E-state index in [-0.39, 0.29) is 22.6 Å². The van der Waals surface area contributed by atoms with Crippen LogP contribution in [0.3, 0.4) is 0 Å². The normalized spacial score (nSPS) is 18.3. The first kappa shape index (κ1) is 30.0. The van der Waals surface area contributed by atoms with E-state index in [1.54, 1.807) is 39.5 Å². The van der Waals surface area contributed by atoms with E-state index in [1.807, 2.05) is 6.07 Å². The Labute approximate surface area is 239 Å². The van der Waals surface area contributed by atoms with Crippen LogP contribution in [0.15, 0.2) is 28.8 Å². The summed E-state index contributed by atoms with van der Waals surface area (Å²) in [4.78, 5) is 11.0. The zero-order valence-corrected chi connectivity index (χ0v) is 25.2. The average Bonchev–Trinajstić information content (AvgIpc) is 3.36. The highest BCUT2D eigenvalue weighted by atomic mass is 35.5. The fourth-order valence-electron chi connectivity index (χ4n) is 4.32. The summed E-state index contributed by atoms with van der Waals surface area (Å²) in [6.07, 6.45) is 4.25. The van der Waals surface area contributed by atoms with Crippen LogP contribution >= 0.6 is 11.6 Å². The van der Waals surface area contributed by atoms with E-state index in [1.165, 1.54) is 7.05 Å². The van der Waals surface area contributed by atoms with Gasteiger partial charge in [0.25, 0.3) is 0 Å². The van der Waals surface area contributed by atoms with Gasteiger partial charge in [-0.3, -0.25) is 4.31 Å². The van der Waals surface area contributed by atoms with Crippen molar-refractivity contribution in [3.05, 3.63) is 40.9 Å². The van der Waals surface area contributed by atoms with Gasteiger partial charge < -0.3 is 24.5 Å². The Morgan fingerprint density at radius 1 is 1.27 bits per heavy atom. The molecule has 0 bridgehead atoms. The number of ether oxygens (including phenoxy) is 2. The minimum atomic E-state index is -3.67. The summed E-state index contributed by atoms with van der Waals surface area (Å²) in [7, 11) is 0.910. The second-order valence-corrected chi connectivity index (χ2v) is 12.9. The van der Waals surface area contributed by atoms with E-state index in [0.717, 1.165) is 29.1 Å². The van der Waals surface area contributed by atoms with Crippen LogP contribution in [0.1, 0.15) is 31.7 Å². The van der Waals surface area contributed by atoms with Crippen LogP contribution in [0.4, 0.5) is 11.6 Å². The van der Waals surface area contributed by atoms with Crippen molar-refractivity contribution in [3.8, 4) is 17.3 Å². The van der Waals surface area contributed by atoms with Gasteiger partial charge in [0.2, 0.25) is 27.7 Å². The molecule has 1 aliphatic rings. The molecule has 4 rings (SSSR count). The van der Waals surface area contributed by atoms with Gasteiger partial charge >= 0.3 is 0 Å². The molecular formula is C26H36ClN7O5S. The molecule has 0 aromatic carbocycles. The molecule has 0 saturated heterocycles. The lowest BCUT2D eigenvalue weighted by atomic mass is 9.95. The van der Waals surface area contributed by atoms with Gasteiger partial charge in [0, 0.05) is 45.9 Å². The van der Waals surface area contributed by atoms with E-state index >= 15 is 0 Å². The largest absolute Gasteiger partial charge is 0.481 e. The van der Waals surface area contributed by atoms with Gasteiger partial charge in [-0.1, -0.05) is 24.6 Å². The lowest BCUT2D eigenvalue weighted by Gasteiger charge is -2.26.